The van der Waals surface area contributed by atoms with Crippen molar-refractivity contribution in [2.24, 2.45) is 5.73 Å². The molecule has 1 unspecified atom stereocenters. The minimum Gasteiger partial charge on any atom is -0.466 e. The van der Waals surface area contributed by atoms with Crippen molar-refractivity contribution < 1.29 is 4.42 Å². The lowest BCUT2D eigenvalue weighted by Crippen LogP contribution is -2.11. The number of rotatable bonds is 3. The zero-order valence-electron chi connectivity index (χ0n) is 9.05. The van der Waals surface area contributed by atoms with E-state index in [0.29, 0.717) is 6.42 Å². The van der Waals surface area contributed by atoms with Crippen LogP contribution in [-0.4, -0.2) is 0 Å². The Morgan fingerprint density at radius 3 is 2.43 bits per heavy atom. The minimum atomic E-state index is 0.00324. The molecule has 1 rings (SSSR count). The van der Waals surface area contributed by atoms with Crippen molar-refractivity contribution in [2.75, 3.05) is 0 Å². The van der Waals surface area contributed by atoms with Gasteiger partial charge in [-0.15, -0.1) is 12.3 Å². The Balaban J connectivity index is 2.89. The zero-order chi connectivity index (χ0) is 10.7. The van der Waals surface area contributed by atoms with Crippen LogP contribution in [0, 0.1) is 33.1 Å². The van der Waals surface area contributed by atoms with Crippen molar-refractivity contribution >= 4 is 0 Å². The molecule has 2 N–H and O–H groups in total. The largest absolute Gasteiger partial charge is 0.466 e. The van der Waals surface area contributed by atoms with Crippen LogP contribution in [0.1, 0.15) is 41.5 Å². The molecule has 0 radical (unpaired) electrons. The van der Waals surface area contributed by atoms with Gasteiger partial charge in [-0.2, -0.15) is 0 Å². The Kier molecular flexibility index (Phi) is 3.38. The van der Waals surface area contributed by atoms with E-state index in [1.807, 2.05) is 20.8 Å². The molecule has 1 heterocycles. The molecule has 1 aromatic rings. The average molecular weight is 191 g/mol. The summed E-state index contributed by atoms with van der Waals surface area (Å²) in [6.45, 7) is 5.95. The minimum absolute atomic E-state index is 0.00324. The molecule has 2 nitrogen and oxygen atoms in total. The van der Waals surface area contributed by atoms with Gasteiger partial charge in [-0.25, -0.2) is 0 Å². The van der Waals surface area contributed by atoms with Gasteiger partial charge in [0.05, 0.1) is 0 Å². The first-order valence-corrected chi connectivity index (χ1v) is 4.83. The molecule has 1 aromatic heterocycles. The van der Waals surface area contributed by atoms with Crippen LogP contribution in [0.15, 0.2) is 4.42 Å². The summed E-state index contributed by atoms with van der Waals surface area (Å²) in [5.41, 5.74) is 8.32. The molecule has 2 heteroatoms. The lowest BCUT2D eigenvalue weighted by molar-refractivity contribution is 0.495. The Hall–Kier alpha value is -1.20. The number of terminal acetylenes is 1. The highest BCUT2D eigenvalue weighted by molar-refractivity contribution is 5.34. The summed E-state index contributed by atoms with van der Waals surface area (Å²) < 4.78 is 5.51. The lowest BCUT2D eigenvalue weighted by Gasteiger charge is -2.09. The maximum Gasteiger partial charge on any atom is 0.106 e. The second-order valence-electron chi connectivity index (χ2n) is 3.60. The smallest absolute Gasteiger partial charge is 0.106 e. The van der Waals surface area contributed by atoms with Crippen LogP contribution in [0.5, 0.6) is 0 Å². The highest BCUT2D eigenvalue weighted by Gasteiger charge is 2.16. The molecule has 0 amide bonds. The Bertz CT molecular complexity index is 357. The maximum absolute atomic E-state index is 6.04. The molecule has 0 aliphatic rings. The van der Waals surface area contributed by atoms with E-state index < -0.39 is 0 Å². The van der Waals surface area contributed by atoms with E-state index in [1.165, 1.54) is 0 Å². The van der Waals surface area contributed by atoms with Gasteiger partial charge in [0, 0.05) is 18.0 Å². The molecule has 14 heavy (non-hydrogen) atoms. The highest BCUT2D eigenvalue weighted by atomic mass is 16.3. The van der Waals surface area contributed by atoms with Crippen molar-refractivity contribution in [3.05, 3.63) is 22.6 Å². The molecule has 1 atom stereocenters. The Labute approximate surface area is 85.5 Å². The van der Waals surface area contributed by atoms with Crippen molar-refractivity contribution in [3.8, 4) is 12.3 Å². The quantitative estimate of drug-likeness (QED) is 0.746. The first-order valence-electron chi connectivity index (χ1n) is 4.83. The predicted octanol–water partition coefficient (Wildman–Crippen LogP) is 2.62. The van der Waals surface area contributed by atoms with E-state index in [0.717, 1.165) is 29.1 Å². The first kappa shape index (κ1) is 10.9. The Morgan fingerprint density at radius 2 is 2.00 bits per heavy atom. The van der Waals surface area contributed by atoms with Crippen LogP contribution >= 0.6 is 0 Å². The van der Waals surface area contributed by atoms with Crippen LogP contribution in [0.3, 0.4) is 0 Å². The Morgan fingerprint density at radius 1 is 1.36 bits per heavy atom. The summed E-state index contributed by atoms with van der Waals surface area (Å²) in [5, 5.41) is 0. The van der Waals surface area contributed by atoms with Crippen molar-refractivity contribution in [1.29, 1.82) is 0 Å². The van der Waals surface area contributed by atoms with E-state index >= 15 is 0 Å². The van der Waals surface area contributed by atoms with Crippen LogP contribution in [0.2, 0.25) is 0 Å². The fourth-order valence-corrected chi connectivity index (χ4v) is 1.74. The summed E-state index contributed by atoms with van der Waals surface area (Å²) in [6.07, 6.45) is 6.74. The van der Waals surface area contributed by atoms with Gasteiger partial charge in [0.25, 0.3) is 0 Å². The predicted molar refractivity (Wildman–Crippen MR) is 57.9 cm³/mol. The molecule has 0 aromatic carbocycles. The number of furan rings is 1. The molecular weight excluding hydrogens is 174 g/mol. The molecule has 0 aliphatic carbocycles. The fourth-order valence-electron chi connectivity index (χ4n) is 1.74. The molecule has 0 bridgehead atoms. The van der Waals surface area contributed by atoms with E-state index in [-0.39, 0.29) is 6.04 Å². The van der Waals surface area contributed by atoms with Gasteiger partial charge < -0.3 is 10.2 Å². The van der Waals surface area contributed by atoms with Gasteiger partial charge in [-0.05, 0) is 32.8 Å². The van der Waals surface area contributed by atoms with Crippen molar-refractivity contribution in [3.63, 3.8) is 0 Å². The van der Waals surface area contributed by atoms with Gasteiger partial charge in [-0.1, -0.05) is 0 Å². The van der Waals surface area contributed by atoms with Gasteiger partial charge in [0.15, 0.2) is 0 Å². The molecular formula is C12H17NO. The molecule has 0 saturated heterocycles. The van der Waals surface area contributed by atoms with E-state index in [4.69, 9.17) is 16.6 Å². The SMILES string of the molecule is C#CCCC(N)c1c(C)oc(C)c1C. The van der Waals surface area contributed by atoms with E-state index in [9.17, 15) is 0 Å². The van der Waals surface area contributed by atoms with Crippen molar-refractivity contribution in [2.45, 2.75) is 39.7 Å². The average Bonchev–Trinajstić information content (AvgIpc) is 2.38. The molecule has 0 fully saturated rings. The van der Waals surface area contributed by atoms with Gasteiger partial charge in [0.2, 0.25) is 0 Å². The monoisotopic (exact) mass is 191 g/mol. The van der Waals surface area contributed by atoms with Crippen LogP contribution in [-0.2, 0) is 0 Å². The first-order chi connectivity index (χ1) is 6.57. The number of hydrogen-bond acceptors (Lipinski definition) is 2. The summed E-state index contributed by atoms with van der Waals surface area (Å²) >= 11 is 0. The third-order valence-corrected chi connectivity index (χ3v) is 2.59. The second kappa shape index (κ2) is 4.34. The summed E-state index contributed by atoms with van der Waals surface area (Å²) in [6, 6.07) is 0.00324. The third kappa shape index (κ3) is 2.00. The van der Waals surface area contributed by atoms with Crippen LogP contribution in [0.4, 0.5) is 0 Å². The van der Waals surface area contributed by atoms with Crippen LogP contribution < -0.4 is 5.73 Å². The number of hydrogen-bond donors (Lipinski definition) is 1. The van der Waals surface area contributed by atoms with Gasteiger partial charge >= 0.3 is 0 Å². The summed E-state index contributed by atoms with van der Waals surface area (Å²) in [5.74, 6) is 4.48. The van der Waals surface area contributed by atoms with Gasteiger partial charge in [-0.3, -0.25) is 0 Å². The number of aryl methyl sites for hydroxylation is 2. The maximum atomic E-state index is 6.04. The van der Waals surface area contributed by atoms with Crippen LogP contribution in [0.25, 0.3) is 0 Å². The standard InChI is InChI=1S/C12H17NO/c1-5-6-7-11(13)12-8(2)9(3)14-10(12)4/h1,11H,6-7,13H2,2-4H3. The summed E-state index contributed by atoms with van der Waals surface area (Å²) in [7, 11) is 0. The molecule has 0 spiro atoms. The molecule has 76 valence electrons. The second-order valence-corrected chi connectivity index (χ2v) is 3.60. The zero-order valence-corrected chi connectivity index (χ0v) is 9.05. The topological polar surface area (TPSA) is 39.2 Å². The van der Waals surface area contributed by atoms with Gasteiger partial charge in [0.1, 0.15) is 11.5 Å². The summed E-state index contributed by atoms with van der Waals surface area (Å²) in [4.78, 5) is 0. The fraction of sp³-hybridized carbons (Fsp3) is 0.500. The van der Waals surface area contributed by atoms with E-state index in [2.05, 4.69) is 5.92 Å². The number of nitrogens with two attached hydrogens (primary N) is 1. The molecule has 0 aliphatic heterocycles. The highest BCUT2D eigenvalue weighted by Crippen LogP contribution is 2.27. The third-order valence-electron chi connectivity index (χ3n) is 2.59. The van der Waals surface area contributed by atoms with Crippen molar-refractivity contribution in [1.82, 2.24) is 0 Å². The lowest BCUT2D eigenvalue weighted by atomic mass is 9.99. The van der Waals surface area contributed by atoms with E-state index in [1.54, 1.807) is 0 Å². The normalized spacial score (nSPS) is 12.5. The molecule has 0 saturated carbocycles.